The van der Waals surface area contributed by atoms with Crippen LogP contribution in [0.2, 0.25) is 25.9 Å². The third-order valence-electron chi connectivity index (χ3n) is 17.5. The van der Waals surface area contributed by atoms with E-state index in [1.807, 2.05) is 56.2 Å². The number of aromatic amines is 1. The first-order chi connectivity index (χ1) is 57.1. The number of fused-ring (bicyclic) bond motifs is 4. The lowest BCUT2D eigenvalue weighted by Gasteiger charge is -2.08. The molecule has 1 fully saturated rings. The summed E-state index contributed by atoms with van der Waals surface area (Å²) in [5.74, 6) is -5.87. The molecular weight excluding hydrogens is 1820 g/mol. The van der Waals surface area contributed by atoms with Crippen LogP contribution in [0.25, 0.3) is 60.7 Å². The number of esters is 3. The minimum absolute atomic E-state index is 0.0122. The molecule has 119 heavy (non-hydrogen) atoms. The maximum atomic E-state index is 15.2. The first kappa shape index (κ1) is 91.9. The summed E-state index contributed by atoms with van der Waals surface area (Å²) in [6.45, 7) is 16.5. The highest BCUT2D eigenvalue weighted by Crippen LogP contribution is 2.46. The second-order valence-corrected chi connectivity index (χ2v) is 31.2. The summed E-state index contributed by atoms with van der Waals surface area (Å²) < 4.78 is 129. The summed E-state index contributed by atoms with van der Waals surface area (Å²) in [4.78, 5) is 39.8. The number of benzene rings is 7. The largest absolute Gasteiger partial charge is 0.462 e. The first-order valence-electron chi connectivity index (χ1n) is 36.7. The molecule has 622 valence electrons. The Bertz CT molecular complexity index is 6100. The van der Waals surface area contributed by atoms with E-state index in [2.05, 4.69) is 81.5 Å². The third kappa shape index (κ3) is 22.2. The zero-order valence-electron chi connectivity index (χ0n) is 64.3. The number of ether oxygens (including phenoxy) is 3. The fraction of sp³-hybridized carbons (Fsp3) is 0.207. The second-order valence-electron chi connectivity index (χ2n) is 25.3. The summed E-state index contributed by atoms with van der Waals surface area (Å²) in [6.07, 6.45) is 21.3. The van der Waals surface area contributed by atoms with Crippen molar-refractivity contribution in [3.8, 4) is 17.1 Å². The number of H-pyrrole nitrogens is 1. The molecule has 8 heterocycles. The van der Waals surface area contributed by atoms with E-state index in [1.54, 1.807) is 165 Å². The van der Waals surface area contributed by atoms with Crippen LogP contribution in [0, 0.1) is 40.7 Å². The van der Waals surface area contributed by atoms with E-state index >= 15 is 13.2 Å². The highest BCUT2D eigenvalue weighted by atomic mass is 79.9. The van der Waals surface area contributed by atoms with Crippen LogP contribution in [0.15, 0.2) is 217 Å². The van der Waals surface area contributed by atoms with E-state index in [1.165, 1.54) is 36.4 Å². The zero-order valence-corrected chi connectivity index (χ0v) is 73.0. The van der Waals surface area contributed by atoms with Gasteiger partial charge in [0.1, 0.15) is 4.60 Å². The van der Waals surface area contributed by atoms with Gasteiger partial charge in [0.15, 0.2) is 40.7 Å². The lowest BCUT2D eigenvalue weighted by atomic mass is 9.84. The molecule has 8 aromatic heterocycles. The van der Waals surface area contributed by atoms with Crippen molar-refractivity contribution in [3.63, 3.8) is 0 Å². The number of thiol groups is 1. The van der Waals surface area contributed by atoms with Crippen molar-refractivity contribution in [2.45, 2.75) is 118 Å². The van der Waals surface area contributed by atoms with Gasteiger partial charge in [-0.3, -0.25) is 23.3 Å². The van der Waals surface area contributed by atoms with Gasteiger partial charge in [0.2, 0.25) is 0 Å². The smallest absolute Gasteiger partial charge is 0.454 e. The molecule has 0 aliphatic heterocycles. The molecule has 20 nitrogen and oxygen atoms in total. The molecule has 37 heteroatoms. The quantitative estimate of drug-likeness (QED) is 0.0206. The van der Waals surface area contributed by atoms with Gasteiger partial charge in [0, 0.05) is 111 Å². The molecule has 0 bridgehead atoms. The van der Waals surface area contributed by atoms with Crippen molar-refractivity contribution in [2.75, 3.05) is 19.8 Å². The summed E-state index contributed by atoms with van der Waals surface area (Å²) in [5.41, 5.74) is 3.19. The Hall–Kier alpha value is -9.39. The summed E-state index contributed by atoms with van der Waals surface area (Å²) in [7, 11) is -1.04. The minimum Gasteiger partial charge on any atom is -0.462 e. The third-order valence-corrected chi connectivity index (χ3v) is 22.7. The van der Waals surface area contributed by atoms with E-state index in [-0.39, 0.29) is 94.0 Å². The van der Waals surface area contributed by atoms with Crippen LogP contribution in [0.4, 0.5) is 30.7 Å². The molecule has 7 aromatic carbocycles. The van der Waals surface area contributed by atoms with Gasteiger partial charge in [-0.15, -0.1) is 12.6 Å². The number of rotatable bonds is 18. The predicted molar refractivity (Wildman–Crippen MR) is 461 cm³/mol. The number of carbonyl (C=O) groups excluding carboxylic acids is 3. The maximum absolute atomic E-state index is 15.2. The number of nitrogens with zero attached hydrogens (tertiary/aromatic N) is 11. The van der Waals surface area contributed by atoms with Gasteiger partial charge in [0.25, 0.3) is 0 Å². The van der Waals surface area contributed by atoms with Crippen LogP contribution < -0.4 is 0 Å². The minimum atomic E-state index is -1.04. The molecule has 0 unspecified atom stereocenters. The van der Waals surface area contributed by atoms with Crippen LogP contribution >= 0.6 is 114 Å². The van der Waals surface area contributed by atoms with Crippen molar-refractivity contribution < 1.29 is 69.4 Å². The van der Waals surface area contributed by atoms with Crippen LogP contribution in [0.1, 0.15) is 92.4 Å². The van der Waals surface area contributed by atoms with Crippen molar-refractivity contribution in [3.05, 3.63) is 270 Å². The highest BCUT2D eigenvalue weighted by molar-refractivity contribution is 9.10. The number of hydrogen-bond donors (Lipinski definition) is 4. The summed E-state index contributed by atoms with van der Waals surface area (Å²) in [5, 5.41) is 36.2. The van der Waals surface area contributed by atoms with Gasteiger partial charge in [-0.2, -0.15) is 20.4 Å². The summed E-state index contributed by atoms with van der Waals surface area (Å²) in [6, 6.07) is 30.1. The lowest BCUT2D eigenvalue weighted by molar-refractivity contribution is 0.0510. The van der Waals surface area contributed by atoms with E-state index in [0.717, 1.165) is 70.4 Å². The van der Waals surface area contributed by atoms with Gasteiger partial charge < -0.3 is 38.4 Å². The lowest BCUT2D eigenvalue weighted by Crippen LogP contribution is -2.09. The summed E-state index contributed by atoms with van der Waals surface area (Å²) >= 11 is 36.3. The Morgan fingerprint density at radius 1 is 0.487 bits per heavy atom. The molecule has 0 spiro atoms. The maximum Gasteiger partial charge on any atom is 0.454 e. The Morgan fingerprint density at radius 3 is 1.42 bits per heavy atom. The highest BCUT2D eigenvalue weighted by Gasteiger charge is 2.33. The van der Waals surface area contributed by atoms with Gasteiger partial charge >= 0.3 is 25.0 Å². The average molecular weight is 1900 g/mol. The molecule has 1 aliphatic carbocycles. The second kappa shape index (κ2) is 42.7. The van der Waals surface area contributed by atoms with Crippen molar-refractivity contribution >= 4 is 183 Å². The monoisotopic (exact) mass is 1890 g/mol. The molecule has 15 aromatic rings. The van der Waals surface area contributed by atoms with Gasteiger partial charge in [-0.25, -0.2) is 45.1 Å². The topological polar surface area (TPSA) is 221 Å². The standard InChI is InChI=1S/C22H17BrClF2N3O2S.C22H18ClF2N3O2S.C13H11ClFN3.C9H9FO2S.C8H5ClFN.C5H7BrN2.C3H7BO2/c1-3-28-11-12(10-27-28)29-19-14(8-9-15(24)18(19)26)20(21(29)23)32-16-7-5-6-13(17(16)25)22(30)31-4-2;1-3-27-11-13(10-26-27)28-12-18(14-8-9-16(23)20(25)21(14)28)31-17-7-5-6-15(19(17)24)22(29)30-4-2;1-2-17-8-10(7-16-17)18-6-5-9-3-4-11(14)12(15)13(9)18;1-2-12-9(11)6-4-3-5-7(13)8(6)10;9-6-2-1-5-3-4-11-8(5)7(6)10;1-2-8-4-5(6)3-7-8;5-4(6)3-1-2-3/h5-11H,3-4H2,1-2H3;5-12H,3-4H2,1-2H3;3-8H,2H2,1H3;3-5,13H,2H2,1H3;1-4,11H;3-4H,2H2,1H3;3,5-6H,1-2H2. The predicted octanol–water partition coefficient (Wildman–Crippen LogP) is 23.2. The number of carbonyl (C=O) groups is 3. The molecular formula is C82H74BBr2Cl4F7N12O8S3. The van der Waals surface area contributed by atoms with Crippen LogP contribution in [0.3, 0.4) is 0 Å². The Morgan fingerprint density at radius 2 is 0.933 bits per heavy atom. The molecule has 1 aliphatic rings. The van der Waals surface area contributed by atoms with Crippen molar-refractivity contribution in [2.24, 2.45) is 0 Å². The molecule has 0 saturated heterocycles. The fourth-order valence-corrected chi connectivity index (χ4v) is 15.4. The normalized spacial score (nSPS) is 11.5. The molecule has 3 N–H and O–H groups in total. The fourth-order valence-electron chi connectivity index (χ4n) is 11.4. The van der Waals surface area contributed by atoms with E-state index in [4.69, 9.17) is 65.9 Å². The first-order valence-corrected chi connectivity index (χ1v) is 41.8. The van der Waals surface area contributed by atoms with Gasteiger partial charge in [-0.1, -0.05) is 113 Å². The molecule has 0 atom stereocenters. The van der Waals surface area contributed by atoms with Crippen molar-refractivity contribution in [1.29, 1.82) is 0 Å². The van der Waals surface area contributed by atoms with E-state index in [9.17, 15) is 31.9 Å². The Kier molecular flexibility index (Phi) is 33.0. The molecule has 1 saturated carbocycles. The number of aryl methyl sites for hydroxylation is 4. The van der Waals surface area contributed by atoms with Crippen LogP contribution in [-0.4, -0.2) is 113 Å². The van der Waals surface area contributed by atoms with Gasteiger partial charge in [0.05, 0.1) is 130 Å². The number of nitrogens with one attached hydrogen (secondary N) is 1. The molecule has 16 rings (SSSR count). The zero-order chi connectivity index (χ0) is 86.1. The SMILES string of the molecule is CCOC(=O)c1cccc(S)c1F.CCOC(=O)c1cccc(Sc2c(Br)n(-c3cnn(CC)c3)c3c(F)c(Cl)ccc23)c1F.CCOC(=O)c1cccc(Sc2cn(-c3cnn(CC)c3)c3c(F)c(Cl)ccc23)c1F.CCn1cc(-n2ccc3ccc(Cl)c(F)c32)cn1.CCn1cc(Br)cn1.Fc1c(Cl)ccc2cc[nH]c12.OB(O)C1CC1. The Labute approximate surface area is 729 Å². The average Bonchev–Trinajstić information content (AvgIpc) is 1.59. The number of halogens is 13. The number of hydrogen-bond acceptors (Lipinski definition) is 15. The number of aromatic nitrogens is 12. The van der Waals surface area contributed by atoms with E-state index < -0.39 is 59.9 Å². The molecule has 0 amide bonds. The van der Waals surface area contributed by atoms with E-state index in [0.29, 0.717) is 60.7 Å². The molecule has 0 radical (unpaired) electrons. The van der Waals surface area contributed by atoms with Crippen LogP contribution in [-0.2, 0) is 40.4 Å². The van der Waals surface area contributed by atoms with Crippen LogP contribution in [0.5, 0.6) is 0 Å². The Balaban J connectivity index is 0.000000157. The van der Waals surface area contributed by atoms with Crippen molar-refractivity contribution in [1.82, 2.24) is 57.8 Å². The van der Waals surface area contributed by atoms with Gasteiger partial charge in [-0.05, 0) is 171 Å².